The maximum absolute atomic E-state index is 11.0. The van der Waals surface area contributed by atoms with Gasteiger partial charge in [-0.25, -0.2) is 0 Å². The number of rotatable bonds is 7. The second-order valence-corrected chi connectivity index (χ2v) is 6.67. The van der Waals surface area contributed by atoms with Gasteiger partial charge in [0.15, 0.2) is 0 Å². The lowest BCUT2D eigenvalue weighted by molar-refractivity contribution is 0.0188. The lowest BCUT2D eigenvalue weighted by Gasteiger charge is -2.34. The van der Waals surface area contributed by atoms with Crippen molar-refractivity contribution in [1.82, 2.24) is 10.2 Å². The molecule has 1 fully saturated rings. The Bertz CT molecular complexity index is 614. The average Bonchev–Trinajstić information content (AvgIpc) is 2.69. The number of nitrogens with one attached hydrogen (secondary N) is 1. The SMILES string of the molecule is C[C@H](NC(CN1CCOCC1)[C@H](O)c1ccccc1)c1ccccc1. The van der Waals surface area contributed by atoms with Gasteiger partial charge in [0.2, 0.25) is 0 Å². The smallest absolute Gasteiger partial charge is 0.0955 e. The highest BCUT2D eigenvalue weighted by Gasteiger charge is 2.26. The van der Waals surface area contributed by atoms with E-state index in [9.17, 15) is 5.11 Å². The van der Waals surface area contributed by atoms with Gasteiger partial charge in [0, 0.05) is 25.7 Å². The predicted octanol–water partition coefficient (Wildman–Crippen LogP) is 2.77. The molecule has 0 spiro atoms. The molecule has 2 aromatic rings. The van der Waals surface area contributed by atoms with E-state index in [1.165, 1.54) is 5.56 Å². The molecule has 1 heterocycles. The minimum Gasteiger partial charge on any atom is -0.387 e. The third-order valence-corrected chi connectivity index (χ3v) is 4.84. The fraction of sp³-hybridized carbons (Fsp3) is 0.429. The minimum atomic E-state index is -0.546. The number of nitrogens with zero attached hydrogens (tertiary/aromatic N) is 1. The highest BCUT2D eigenvalue weighted by Crippen LogP contribution is 2.21. The van der Waals surface area contributed by atoms with Crippen LogP contribution in [0.3, 0.4) is 0 Å². The lowest BCUT2D eigenvalue weighted by atomic mass is 9.99. The highest BCUT2D eigenvalue weighted by atomic mass is 16.5. The molecule has 0 aromatic heterocycles. The van der Waals surface area contributed by atoms with Crippen LogP contribution in [0, 0.1) is 0 Å². The first-order valence-corrected chi connectivity index (χ1v) is 9.08. The molecule has 1 aliphatic rings. The van der Waals surface area contributed by atoms with Gasteiger partial charge >= 0.3 is 0 Å². The zero-order valence-corrected chi connectivity index (χ0v) is 14.8. The third-order valence-electron chi connectivity index (χ3n) is 4.84. The van der Waals surface area contributed by atoms with Gasteiger partial charge < -0.3 is 15.2 Å². The Morgan fingerprint density at radius 3 is 2.12 bits per heavy atom. The molecule has 134 valence electrons. The molecular formula is C21H28N2O2. The van der Waals surface area contributed by atoms with Crippen LogP contribution in [0.2, 0.25) is 0 Å². The predicted molar refractivity (Wildman–Crippen MR) is 100 cm³/mol. The van der Waals surface area contributed by atoms with Gasteiger partial charge in [-0.2, -0.15) is 0 Å². The van der Waals surface area contributed by atoms with Crippen LogP contribution < -0.4 is 5.32 Å². The number of hydrogen-bond acceptors (Lipinski definition) is 4. The first-order valence-electron chi connectivity index (χ1n) is 9.08. The summed E-state index contributed by atoms with van der Waals surface area (Å²) < 4.78 is 5.45. The van der Waals surface area contributed by atoms with Crippen LogP contribution in [-0.4, -0.2) is 48.9 Å². The monoisotopic (exact) mass is 340 g/mol. The van der Waals surface area contributed by atoms with E-state index in [1.807, 2.05) is 36.4 Å². The van der Waals surface area contributed by atoms with Gasteiger partial charge in [0.05, 0.1) is 25.4 Å². The lowest BCUT2D eigenvalue weighted by Crippen LogP contribution is -2.48. The standard InChI is InChI=1S/C21H28N2O2/c1-17(18-8-4-2-5-9-18)22-20(16-23-12-14-25-15-13-23)21(24)19-10-6-3-7-11-19/h2-11,17,20-22,24H,12-16H2,1H3/t17-,20?,21+/m0/s1. The van der Waals surface area contributed by atoms with Crippen LogP contribution in [0.15, 0.2) is 60.7 Å². The molecule has 0 saturated carbocycles. The molecule has 1 unspecified atom stereocenters. The van der Waals surface area contributed by atoms with Crippen LogP contribution in [0.25, 0.3) is 0 Å². The van der Waals surface area contributed by atoms with Crippen molar-refractivity contribution >= 4 is 0 Å². The Kier molecular flexibility index (Phi) is 6.59. The van der Waals surface area contributed by atoms with Crippen molar-refractivity contribution in [3.8, 4) is 0 Å². The minimum absolute atomic E-state index is 0.0456. The zero-order chi connectivity index (χ0) is 17.5. The summed E-state index contributed by atoms with van der Waals surface area (Å²) in [4.78, 5) is 2.37. The largest absolute Gasteiger partial charge is 0.387 e. The van der Waals surface area contributed by atoms with Crippen LogP contribution in [-0.2, 0) is 4.74 Å². The van der Waals surface area contributed by atoms with Gasteiger partial charge in [-0.1, -0.05) is 60.7 Å². The molecule has 2 aromatic carbocycles. The van der Waals surface area contributed by atoms with E-state index in [4.69, 9.17) is 4.74 Å². The molecule has 0 amide bonds. The maximum atomic E-state index is 11.0. The number of benzene rings is 2. The molecule has 4 heteroatoms. The summed E-state index contributed by atoms with van der Waals surface area (Å²) in [5.74, 6) is 0. The summed E-state index contributed by atoms with van der Waals surface area (Å²) in [7, 11) is 0. The van der Waals surface area contributed by atoms with Crippen molar-refractivity contribution in [2.75, 3.05) is 32.8 Å². The van der Waals surface area contributed by atoms with E-state index in [0.717, 1.165) is 38.4 Å². The van der Waals surface area contributed by atoms with Crippen molar-refractivity contribution < 1.29 is 9.84 Å². The van der Waals surface area contributed by atoms with Gasteiger partial charge in [-0.15, -0.1) is 0 Å². The summed E-state index contributed by atoms with van der Waals surface area (Å²) in [6.07, 6.45) is -0.546. The first-order chi connectivity index (χ1) is 12.2. The summed E-state index contributed by atoms with van der Waals surface area (Å²) in [5, 5.41) is 14.6. The molecule has 2 N–H and O–H groups in total. The second-order valence-electron chi connectivity index (χ2n) is 6.67. The van der Waals surface area contributed by atoms with Crippen molar-refractivity contribution in [2.24, 2.45) is 0 Å². The fourth-order valence-corrected chi connectivity index (χ4v) is 3.35. The number of ether oxygens (including phenoxy) is 1. The Balaban J connectivity index is 1.73. The van der Waals surface area contributed by atoms with Crippen molar-refractivity contribution in [3.05, 3.63) is 71.8 Å². The van der Waals surface area contributed by atoms with E-state index in [0.29, 0.717) is 0 Å². The summed E-state index contributed by atoms with van der Waals surface area (Å²) in [5.41, 5.74) is 2.18. The van der Waals surface area contributed by atoms with Gasteiger partial charge in [-0.05, 0) is 18.1 Å². The Morgan fingerprint density at radius 2 is 1.52 bits per heavy atom. The summed E-state index contributed by atoms with van der Waals surface area (Å²) in [6.45, 7) is 6.32. The molecule has 4 nitrogen and oxygen atoms in total. The Hall–Kier alpha value is -1.72. The van der Waals surface area contributed by atoms with Gasteiger partial charge in [-0.3, -0.25) is 4.90 Å². The van der Waals surface area contributed by atoms with Crippen molar-refractivity contribution in [2.45, 2.75) is 25.1 Å². The zero-order valence-electron chi connectivity index (χ0n) is 14.8. The molecule has 0 bridgehead atoms. The molecule has 0 aliphatic carbocycles. The Labute approximate surface area is 150 Å². The summed E-state index contributed by atoms with van der Waals surface area (Å²) >= 11 is 0. The van der Waals surface area contributed by atoms with Crippen LogP contribution >= 0.6 is 0 Å². The topological polar surface area (TPSA) is 44.7 Å². The fourth-order valence-electron chi connectivity index (χ4n) is 3.35. The van der Waals surface area contributed by atoms with E-state index < -0.39 is 6.10 Å². The van der Waals surface area contributed by atoms with Crippen molar-refractivity contribution in [1.29, 1.82) is 0 Å². The van der Waals surface area contributed by atoms with Crippen LogP contribution in [0.4, 0.5) is 0 Å². The van der Waals surface area contributed by atoms with Crippen molar-refractivity contribution in [3.63, 3.8) is 0 Å². The average molecular weight is 340 g/mol. The van der Waals surface area contributed by atoms with E-state index in [2.05, 4.69) is 41.4 Å². The molecule has 3 atom stereocenters. The Morgan fingerprint density at radius 1 is 0.960 bits per heavy atom. The number of aliphatic hydroxyl groups is 1. The van der Waals surface area contributed by atoms with Gasteiger partial charge in [0.1, 0.15) is 0 Å². The molecular weight excluding hydrogens is 312 g/mol. The van der Waals surface area contributed by atoms with E-state index >= 15 is 0 Å². The molecule has 3 rings (SSSR count). The molecule has 25 heavy (non-hydrogen) atoms. The number of aliphatic hydroxyl groups excluding tert-OH is 1. The number of hydrogen-bond donors (Lipinski definition) is 2. The highest BCUT2D eigenvalue weighted by molar-refractivity contribution is 5.21. The summed E-state index contributed by atoms with van der Waals surface area (Å²) in [6, 6.07) is 20.4. The van der Waals surface area contributed by atoms with E-state index in [1.54, 1.807) is 0 Å². The second kappa shape index (κ2) is 9.11. The van der Waals surface area contributed by atoms with Gasteiger partial charge in [0.25, 0.3) is 0 Å². The van der Waals surface area contributed by atoms with Crippen LogP contribution in [0.1, 0.15) is 30.2 Å². The normalized spacial score (nSPS) is 19.3. The third kappa shape index (κ3) is 5.13. The molecule has 1 saturated heterocycles. The molecule has 1 aliphatic heterocycles. The molecule has 0 radical (unpaired) electrons. The first kappa shape index (κ1) is 18.1. The van der Waals surface area contributed by atoms with E-state index in [-0.39, 0.29) is 12.1 Å². The maximum Gasteiger partial charge on any atom is 0.0955 e. The van der Waals surface area contributed by atoms with Crippen LogP contribution in [0.5, 0.6) is 0 Å². The number of morpholine rings is 1. The quantitative estimate of drug-likeness (QED) is 0.813.